The number of anilines is 1. The molecule has 0 amide bonds. The number of nitrogens with zero attached hydrogens (tertiary/aromatic N) is 4. The quantitative estimate of drug-likeness (QED) is 0.241. The molecule has 0 heterocycles. The number of nitrogens with two attached hydrogens (primary N) is 1. The Morgan fingerprint density at radius 3 is 1.79 bits per heavy atom. The Morgan fingerprint density at radius 1 is 0.667 bits per heavy atom. The average molecular weight is 490 g/mol. The highest BCUT2D eigenvalue weighted by Gasteiger charge is 2.20. The van der Waals surface area contributed by atoms with Crippen molar-refractivity contribution >= 4 is 48.7 Å². The van der Waals surface area contributed by atoms with Gasteiger partial charge in [-0.15, -0.1) is 5.11 Å². The zero-order chi connectivity index (χ0) is 24.4. The van der Waals surface area contributed by atoms with E-state index in [0.29, 0.717) is 34.4 Å². The van der Waals surface area contributed by atoms with Crippen molar-refractivity contribution in [2.24, 2.45) is 20.5 Å². The summed E-state index contributed by atoms with van der Waals surface area (Å²) in [6, 6.07) is 12.7. The summed E-state index contributed by atoms with van der Waals surface area (Å²) in [5.74, 6) is 0. The molecule has 0 saturated carbocycles. The van der Waals surface area contributed by atoms with Crippen molar-refractivity contribution < 1.29 is 25.9 Å². The zero-order valence-corrected chi connectivity index (χ0v) is 19.0. The first-order valence-corrected chi connectivity index (χ1v) is 12.1. The largest absolute Gasteiger partial charge is 0.399 e. The molecule has 0 atom stereocenters. The van der Waals surface area contributed by atoms with Gasteiger partial charge in [-0.05, 0) is 79.6 Å². The zero-order valence-electron chi connectivity index (χ0n) is 17.4. The van der Waals surface area contributed by atoms with Gasteiger partial charge in [0.2, 0.25) is 0 Å². The normalized spacial score (nSPS) is 12.6. The Morgan fingerprint density at radius 2 is 1.21 bits per heavy atom. The molecule has 4 N–H and O–H groups in total. The molecule has 172 valence electrons. The predicted molar refractivity (Wildman–Crippen MR) is 121 cm³/mol. The van der Waals surface area contributed by atoms with Gasteiger partial charge in [0, 0.05) is 5.69 Å². The van der Waals surface area contributed by atoms with Crippen LogP contribution in [0.1, 0.15) is 11.1 Å². The van der Waals surface area contributed by atoms with E-state index < -0.39 is 30.0 Å². The van der Waals surface area contributed by atoms with Crippen molar-refractivity contribution in [3.05, 3.63) is 65.7 Å². The molecule has 0 fully saturated rings. The Bertz CT molecular complexity index is 1500. The Labute approximate surface area is 190 Å². The Kier molecular flexibility index (Phi) is 6.69. The molecule has 0 saturated heterocycles. The van der Waals surface area contributed by atoms with Gasteiger partial charge in [0.1, 0.15) is 10.6 Å². The van der Waals surface area contributed by atoms with E-state index in [4.69, 9.17) is 10.3 Å². The van der Waals surface area contributed by atoms with Crippen molar-refractivity contribution in [1.82, 2.24) is 0 Å². The summed E-state index contributed by atoms with van der Waals surface area (Å²) in [5, 5.41) is 16.2. The van der Waals surface area contributed by atoms with Crippen LogP contribution in [0.2, 0.25) is 0 Å². The van der Waals surface area contributed by atoms with Crippen LogP contribution in [-0.2, 0) is 20.2 Å². The van der Waals surface area contributed by atoms with Crippen molar-refractivity contribution in [2.45, 2.75) is 23.6 Å². The minimum absolute atomic E-state index is 0.313. The van der Waals surface area contributed by atoms with Gasteiger partial charge >= 0.3 is 0 Å². The van der Waals surface area contributed by atoms with Crippen LogP contribution in [0.15, 0.2) is 84.8 Å². The van der Waals surface area contributed by atoms with Gasteiger partial charge in [-0.1, -0.05) is 0 Å². The summed E-state index contributed by atoms with van der Waals surface area (Å²) in [4.78, 5) is -1.53. The summed E-state index contributed by atoms with van der Waals surface area (Å²) >= 11 is 0. The Balaban J connectivity index is 1.90. The van der Waals surface area contributed by atoms with Crippen LogP contribution >= 0.6 is 0 Å². The molecule has 0 radical (unpaired) electrons. The number of azo groups is 2. The third-order valence-electron chi connectivity index (χ3n) is 4.45. The van der Waals surface area contributed by atoms with Crippen LogP contribution < -0.4 is 5.73 Å². The van der Waals surface area contributed by atoms with Gasteiger partial charge in [0.25, 0.3) is 20.2 Å². The molecular formula is C20H19N5O6S2. The molecule has 0 aliphatic rings. The third-order valence-corrected chi connectivity index (χ3v) is 6.18. The second-order valence-electron chi connectivity index (χ2n) is 7.00. The maximum absolute atomic E-state index is 11.6. The second kappa shape index (κ2) is 9.15. The third kappa shape index (κ3) is 6.04. The topological polar surface area (TPSA) is 184 Å². The standard InChI is InChI=1S/C20H19N5O6S2/c1-12-9-14(21)3-6-17(12)23-22-15-4-7-18(13(2)10-15)24-25-19-8-5-16(32(26,27)28)11-20(19)33(29,30)31/h3-11H,21H2,1-2H3,(H,26,27,28)(H,29,30,31). The lowest BCUT2D eigenvalue weighted by Gasteiger charge is -2.05. The summed E-state index contributed by atoms with van der Waals surface area (Å²) in [5.41, 5.74) is 9.13. The fraction of sp³-hybridized carbons (Fsp3) is 0.100. The molecule has 13 heteroatoms. The van der Waals surface area contributed by atoms with Gasteiger partial charge in [-0.2, -0.15) is 32.2 Å². The lowest BCUT2D eigenvalue weighted by Crippen LogP contribution is -2.03. The van der Waals surface area contributed by atoms with Gasteiger partial charge in [0.05, 0.1) is 22.0 Å². The summed E-state index contributed by atoms with van der Waals surface area (Å²) < 4.78 is 64.3. The highest BCUT2D eigenvalue weighted by Crippen LogP contribution is 2.31. The molecule has 11 nitrogen and oxygen atoms in total. The number of nitrogen functional groups attached to an aromatic ring is 1. The first kappa shape index (κ1) is 24.1. The predicted octanol–water partition coefficient (Wildman–Crippen LogP) is 5.21. The second-order valence-corrected chi connectivity index (χ2v) is 9.81. The van der Waals surface area contributed by atoms with Crippen molar-refractivity contribution in [3.63, 3.8) is 0 Å². The number of benzene rings is 3. The van der Waals surface area contributed by atoms with E-state index in [0.717, 1.165) is 17.7 Å². The first-order chi connectivity index (χ1) is 15.3. The van der Waals surface area contributed by atoms with E-state index >= 15 is 0 Å². The van der Waals surface area contributed by atoms with Crippen molar-refractivity contribution in [3.8, 4) is 0 Å². The number of aryl methyl sites for hydroxylation is 2. The van der Waals surface area contributed by atoms with E-state index in [-0.39, 0.29) is 5.69 Å². The minimum atomic E-state index is -4.84. The van der Waals surface area contributed by atoms with Gasteiger partial charge in [-0.25, -0.2) is 0 Å². The molecule has 0 bridgehead atoms. The number of rotatable bonds is 6. The van der Waals surface area contributed by atoms with E-state index in [1.54, 1.807) is 43.3 Å². The molecule has 0 aliphatic heterocycles. The van der Waals surface area contributed by atoms with Crippen LogP contribution in [0.5, 0.6) is 0 Å². The Hall–Kier alpha value is -3.52. The molecule has 0 spiro atoms. The number of hydrogen-bond acceptors (Lipinski definition) is 9. The van der Waals surface area contributed by atoms with Crippen LogP contribution in [0.25, 0.3) is 0 Å². The molecule has 3 rings (SSSR count). The fourth-order valence-corrected chi connectivity index (χ4v) is 4.00. The van der Waals surface area contributed by atoms with Crippen LogP contribution in [0.3, 0.4) is 0 Å². The monoisotopic (exact) mass is 489 g/mol. The lowest BCUT2D eigenvalue weighted by molar-refractivity contribution is 0.481. The molecule has 0 aliphatic carbocycles. The molecule has 33 heavy (non-hydrogen) atoms. The molecule has 0 unspecified atom stereocenters. The molecular weight excluding hydrogens is 470 g/mol. The first-order valence-electron chi connectivity index (χ1n) is 9.24. The maximum Gasteiger partial charge on any atom is 0.296 e. The van der Waals surface area contributed by atoms with Crippen LogP contribution in [0, 0.1) is 13.8 Å². The van der Waals surface area contributed by atoms with E-state index in [2.05, 4.69) is 20.5 Å². The van der Waals surface area contributed by atoms with Crippen molar-refractivity contribution in [2.75, 3.05) is 5.73 Å². The SMILES string of the molecule is Cc1cc(N)ccc1N=Nc1ccc(N=Nc2ccc(S(=O)(=O)O)cc2S(=O)(=O)O)c(C)c1. The highest BCUT2D eigenvalue weighted by atomic mass is 32.2. The minimum Gasteiger partial charge on any atom is -0.399 e. The average Bonchev–Trinajstić information content (AvgIpc) is 2.71. The van der Waals surface area contributed by atoms with Crippen molar-refractivity contribution in [1.29, 1.82) is 0 Å². The van der Waals surface area contributed by atoms with Crippen LogP contribution in [-0.4, -0.2) is 25.9 Å². The van der Waals surface area contributed by atoms with Crippen LogP contribution in [0.4, 0.5) is 28.4 Å². The maximum atomic E-state index is 11.6. The van der Waals surface area contributed by atoms with Gasteiger partial charge < -0.3 is 5.73 Å². The number of hydrogen-bond donors (Lipinski definition) is 3. The molecule has 3 aromatic carbocycles. The van der Waals surface area contributed by atoms with E-state index in [9.17, 15) is 21.4 Å². The fourth-order valence-electron chi connectivity index (χ4n) is 2.77. The van der Waals surface area contributed by atoms with E-state index in [1.165, 1.54) is 0 Å². The van der Waals surface area contributed by atoms with Gasteiger partial charge in [0.15, 0.2) is 0 Å². The smallest absolute Gasteiger partial charge is 0.296 e. The van der Waals surface area contributed by atoms with E-state index in [1.807, 2.05) is 6.92 Å². The molecule has 0 aromatic heterocycles. The summed E-state index contributed by atoms with van der Waals surface area (Å²) in [6.07, 6.45) is 0. The highest BCUT2D eigenvalue weighted by molar-refractivity contribution is 7.86. The lowest BCUT2D eigenvalue weighted by atomic mass is 10.2. The summed E-state index contributed by atoms with van der Waals surface area (Å²) in [6.45, 7) is 3.59. The van der Waals surface area contributed by atoms with Gasteiger partial charge in [-0.3, -0.25) is 9.11 Å². The molecule has 3 aromatic rings. The summed E-state index contributed by atoms with van der Waals surface area (Å²) in [7, 11) is -9.53.